The molecule has 0 aliphatic heterocycles. The highest BCUT2D eigenvalue weighted by molar-refractivity contribution is 5.92. The average Bonchev–Trinajstić information content (AvgIpc) is 3.12. The first-order valence-electron chi connectivity index (χ1n) is 10.4. The molecule has 0 radical (unpaired) electrons. The molecular formula is C25H26N4O2. The minimum Gasteiger partial charge on any atom is -0.492 e. The summed E-state index contributed by atoms with van der Waals surface area (Å²) >= 11 is 0. The molecule has 2 aromatic carbocycles. The molecule has 0 saturated carbocycles. The molecule has 0 spiro atoms. The Hall–Kier alpha value is -3.67. The zero-order chi connectivity index (χ0) is 21.8. The van der Waals surface area contributed by atoms with Gasteiger partial charge in [0.25, 0.3) is 5.91 Å². The highest BCUT2D eigenvalue weighted by atomic mass is 16.5. The molecule has 1 amide bonds. The van der Waals surface area contributed by atoms with E-state index in [-0.39, 0.29) is 11.9 Å². The number of carbonyl (C=O) groups is 1. The highest BCUT2D eigenvalue weighted by Gasteiger charge is 2.19. The molecule has 1 unspecified atom stereocenters. The topological polar surface area (TPSA) is 69.0 Å². The molecule has 158 valence electrons. The van der Waals surface area contributed by atoms with Crippen molar-refractivity contribution in [2.24, 2.45) is 0 Å². The molecule has 6 nitrogen and oxygen atoms in total. The Balaban J connectivity index is 1.54. The van der Waals surface area contributed by atoms with Crippen molar-refractivity contribution in [2.45, 2.75) is 33.4 Å². The third-order valence-corrected chi connectivity index (χ3v) is 5.10. The second kappa shape index (κ2) is 9.00. The lowest BCUT2D eigenvalue weighted by atomic mass is 10.1. The van der Waals surface area contributed by atoms with Gasteiger partial charge in [0.05, 0.1) is 23.6 Å². The molecule has 4 rings (SSSR count). The summed E-state index contributed by atoms with van der Waals surface area (Å²) < 4.78 is 8.14. The maximum Gasteiger partial charge on any atom is 0.270 e. The number of fused-ring (bicyclic) bond motifs is 1. The lowest BCUT2D eigenvalue weighted by molar-refractivity contribution is 0.0932. The average molecular weight is 415 g/mol. The molecule has 0 saturated heterocycles. The standard InChI is InChI=1S/C25H26N4O2/c1-17-14-18(2)16-20(15-17)31-13-12-29-23-10-5-4-8-21(23)28-24(29)19(3)27-25(30)22-9-6-7-11-26-22/h4-11,14-16,19H,12-13H2,1-3H3,(H,27,30). The number of nitrogens with one attached hydrogen (secondary N) is 1. The number of amides is 1. The van der Waals surface area contributed by atoms with Gasteiger partial charge in [-0.05, 0) is 68.3 Å². The third kappa shape index (κ3) is 4.74. The van der Waals surface area contributed by atoms with Crippen LogP contribution in [0.1, 0.15) is 40.4 Å². The van der Waals surface area contributed by atoms with Gasteiger partial charge in [-0.2, -0.15) is 0 Å². The Morgan fingerprint density at radius 2 is 1.81 bits per heavy atom. The summed E-state index contributed by atoms with van der Waals surface area (Å²) in [7, 11) is 0. The van der Waals surface area contributed by atoms with Gasteiger partial charge in [-0.3, -0.25) is 9.78 Å². The number of benzene rings is 2. The fourth-order valence-corrected chi connectivity index (χ4v) is 3.76. The van der Waals surface area contributed by atoms with Gasteiger partial charge in [0.1, 0.15) is 23.9 Å². The van der Waals surface area contributed by atoms with Crippen LogP contribution in [0.4, 0.5) is 0 Å². The largest absolute Gasteiger partial charge is 0.492 e. The number of aromatic nitrogens is 3. The van der Waals surface area contributed by atoms with Crippen LogP contribution in [0.2, 0.25) is 0 Å². The second-order valence-corrected chi connectivity index (χ2v) is 7.69. The van der Waals surface area contributed by atoms with Gasteiger partial charge in [-0.25, -0.2) is 4.98 Å². The molecule has 0 aliphatic rings. The molecule has 0 aliphatic carbocycles. The number of nitrogens with zero attached hydrogens (tertiary/aromatic N) is 3. The Labute approximate surface area is 181 Å². The second-order valence-electron chi connectivity index (χ2n) is 7.69. The Kier molecular flexibility index (Phi) is 5.98. The fraction of sp³-hybridized carbons (Fsp3) is 0.240. The summed E-state index contributed by atoms with van der Waals surface area (Å²) in [6.45, 7) is 7.17. The predicted octanol–water partition coefficient (Wildman–Crippen LogP) is 4.62. The summed E-state index contributed by atoms with van der Waals surface area (Å²) in [5.41, 5.74) is 4.64. The normalized spacial score (nSPS) is 12.0. The molecule has 2 aromatic heterocycles. The lowest BCUT2D eigenvalue weighted by Gasteiger charge is -2.17. The molecule has 6 heteroatoms. The van der Waals surface area contributed by atoms with E-state index in [9.17, 15) is 4.79 Å². The number of imidazole rings is 1. The minimum absolute atomic E-state index is 0.224. The van der Waals surface area contributed by atoms with Gasteiger partial charge < -0.3 is 14.6 Å². The van der Waals surface area contributed by atoms with Crippen LogP contribution in [0.3, 0.4) is 0 Å². The van der Waals surface area contributed by atoms with Gasteiger partial charge in [0.2, 0.25) is 0 Å². The number of carbonyl (C=O) groups excluding carboxylic acids is 1. The molecule has 1 atom stereocenters. The van der Waals surface area contributed by atoms with Crippen LogP contribution in [-0.2, 0) is 6.54 Å². The van der Waals surface area contributed by atoms with Crippen LogP contribution < -0.4 is 10.1 Å². The molecule has 2 heterocycles. The first-order chi connectivity index (χ1) is 15.0. The van der Waals surface area contributed by atoms with Crippen LogP contribution in [0.5, 0.6) is 5.75 Å². The van der Waals surface area contributed by atoms with E-state index >= 15 is 0 Å². The number of hydrogen-bond acceptors (Lipinski definition) is 4. The quantitative estimate of drug-likeness (QED) is 0.479. The van der Waals surface area contributed by atoms with Crippen molar-refractivity contribution in [1.29, 1.82) is 0 Å². The molecular weight excluding hydrogens is 388 g/mol. The number of hydrogen-bond donors (Lipinski definition) is 1. The van der Waals surface area contributed by atoms with E-state index in [1.165, 1.54) is 11.1 Å². The van der Waals surface area contributed by atoms with Crippen molar-refractivity contribution in [3.8, 4) is 5.75 Å². The number of rotatable bonds is 7. The summed E-state index contributed by atoms with van der Waals surface area (Å²) in [5, 5.41) is 3.01. The molecule has 31 heavy (non-hydrogen) atoms. The van der Waals surface area contributed by atoms with Crippen LogP contribution in [0.15, 0.2) is 66.9 Å². The van der Waals surface area contributed by atoms with E-state index in [2.05, 4.69) is 34.8 Å². The Bertz CT molecular complexity index is 1180. The molecule has 0 bridgehead atoms. The van der Waals surface area contributed by atoms with E-state index < -0.39 is 0 Å². The SMILES string of the molecule is Cc1cc(C)cc(OCCn2c(C(C)NC(=O)c3ccccn3)nc3ccccc32)c1. The first kappa shape index (κ1) is 20.6. The molecule has 1 N–H and O–H groups in total. The zero-order valence-corrected chi connectivity index (χ0v) is 18.0. The van der Waals surface area contributed by atoms with Gasteiger partial charge in [-0.1, -0.05) is 24.3 Å². The van der Waals surface area contributed by atoms with Crippen molar-refractivity contribution in [2.75, 3.05) is 6.61 Å². The van der Waals surface area contributed by atoms with E-state index in [4.69, 9.17) is 9.72 Å². The smallest absolute Gasteiger partial charge is 0.270 e. The Morgan fingerprint density at radius 3 is 2.55 bits per heavy atom. The van der Waals surface area contributed by atoms with Crippen LogP contribution in [0, 0.1) is 13.8 Å². The summed E-state index contributed by atoms with van der Waals surface area (Å²) in [6.07, 6.45) is 1.61. The van der Waals surface area contributed by atoms with Crippen LogP contribution >= 0.6 is 0 Å². The van der Waals surface area contributed by atoms with Gasteiger partial charge >= 0.3 is 0 Å². The Morgan fingerprint density at radius 1 is 1.06 bits per heavy atom. The van der Waals surface area contributed by atoms with Crippen molar-refractivity contribution in [3.63, 3.8) is 0 Å². The predicted molar refractivity (Wildman–Crippen MR) is 121 cm³/mol. The van der Waals surface area contributed by atoms with Gasteiger partial charge in [-0.15, -0.1) is 0 Å². The maximum absolute atomic E-state index is 12.6. The number of pyridine rings is 1. The van der Waals surface area contributed by atoms with Crippen LogP contribution in [0.25, 0.3) is 11.0 Å². The number of ether oxygens (including phenoxy) is 1. The van der Waals surface area contributed by atoms with E-state index in [1.807, 2.05) is 43.3 Å². The van der Waals surface area contributed by atoms with Gasteiger partial charge in [0.15, 0.2) is 0 Å². The van der Waals surface area contributed by atoms with E-state index in [0.717, 1.165) is 22.6 Å². The molecule has 4 aromatic rings. The van der Waals surface area contributed by atoms with Crippen molar-refractivity contribution < 1.29 is 9.53 Å². The van der Waals surface area contributed by atoms with Gasteiger partial charge in [0, 0.05) is 6.20 Å². The molecule has 0 fully saturated rings. The highest BCUT2D eigenvalue weighted by Crippen LogP contribution is 2.22. The van der Waals surface area contributed by atoms with Crippen molar-refractivity contribution in [3.05, 3.63) is 89.5 Å². The minimum atomic E-state index is -0.289. The third-order valence-electron chi connectivity index (χ3n) is 5.10. The summed E-state index contributed by atoms with van der Waals surface area (Å²) in [6, 6.07) is 19.2. The maximum atomic E-state index is 12.6. The summed E-state index contributed by atoms with van der Waals surface area (Å²) in [4.78, 5) is 21.5. The number of aryl methyl sites for hydroxylation is 2. The summed E-state index contributed by atoms with van der Waals surface area (Å²) in [5.74, 6) is 1.42. The van der Waals surface area contributed by atoms with E-state index in [1.54, 1.807) is 24.4 Å². The number of para-hydroxylation sites is 2. The van der Waals surface area contributed by atoms with Crippen molar-refractivity contribution >= 4 is 16.9 Å². The monoisotopic (exact) mass is 414 g/mol. The van der Waals surface area contributed by atoms with Crippen molar-refractivity contribution in [1.82, 2.24) is 19.9 Å². The van der Waals surface area contributed by atoms with E-state index in [0.29, 0.717) is 18.8 Å². The first-order valence-corrected chi connectivity index (χ1v) is 10.4. The lowest BCUT2D eigenvalue weighted by Crippen LogP contribution is -2.29. The van der Waals surface area contributed by atoms with Crippen LogP contribution in [-0.4, -0.2) is 27.0 Å². The fourth-order valence-electron chi connectivity index (χ4n) is 3.76. The zero-order valence-electron chi connectivity index (χ0n) is 18.0.